The third-order valence-corrected chi connectivity index (χ3v) is 6.52. The summed E-state index contributed by atoms with van der Waals surface area (Å²) in [6, 6.07) is 12.6. The van der Waals surface area contributed by atoms with E-state index in [4.69, 9.17) is 9.68 Å². The Bertz CT molecular complexity index is 1390. The molecule has 0 spiro atoms. The topological polar surface area (TPSA) is 125 Å². The largest absolute Gasteiger partial charge is 0.424 e. The molecule has 0 saturated heterocycles. The van der Waals surface area contributed by atoms with Crippen molar-refractivity contribution in [2.75, 3.05) is 0 Å². The number of thiazole rings is 1. The van der Waals surface area contributed by atoms with Crippen molar-refractivity contribution in [2.24, 2.45) is 0 Å². The van der Waals surface area contributed by atoms with Gasteiger partial charge in [0.1, 0.15) is 22.8 Å². The lowest BCUT2D eigenvalue weighted by Gasteiger charge is -2.06. The Labute approximate surface area is 191 Å². The van der Waals surface area contributed by atoms with Crippen LogP contribution in [0.15, 0.2) is 40.8 Å². The molecular formula is C23H18FN5O3S. The molecule has 166 valence electrons. The molecule has 1 fully saturated rings. The number of hydrogen-bond acceptors (Lipinski definition) is 8. The first-order valence-corrected chi connectivity index (χ1v) is 11.1. The number of nitrogens with one attached hydrogen (secondary N) is 1. The van der Waals surface area contributed by atoms with Gasteiger partial charge < -0.3 is 14.8 Å². The highest BCUT2D eigenvalue weighted by atomic mass is 32.1. The normalized spacial score (nSPS) is 14.2. The third-order valence-electron chi connectivity index (χ3n) is 5.45. The summed E-state index contributed by atoms with van der Waals surface area (Å²) in [6.45, 7) is -0.0668. The summed E-state index contributed by atoms with van der Waals surface area (Å²) < 4.78 is 21.2. The number of hydrogen-bond donors (Lipinski definition) is 2. The van der Waals surface area contributed by atoms with E-state index in [-0.39, 0.29) is 43.0 Å². The second-order valence-corrected chi connectivity index (χ2v) is 9.01. The monoisotopic (exact) mass is 463 g/mol. The lowest BCUT2D eigenvalue weighted by molar-refractivity contribution is -0.121. The maximum atomic E-state index is 15.2. The zero-order valence-corrected chi connectivity index (χ0v) is 18.2. The molecular weight excluding hydrogens is 445 g/mol. The van der Waals surface area contributed by atoms with Crippen molar-refractivity contribution >= 4 is 27.5 Å². The standard InChI is InChI=1S/C23H18FN5O3S/c24-21-15(14-3-1-13(11-30)2-4-14)5-6-16-22(21)33-20(26-16)10-19-29-28-18(32-19)9-17(31)27-23(12-25)7-8-23/h1-6,30H,7-11H2,(H,27,31). The van der Waals surface area contributed by atoms with Crippen LogP contribution in [-0.2, 0) is 24.2 Å². The Hall–Kier alpha value is -3.68. The highest BCUT2D eigenvalue weighted by Gasteiger charge is 2.44. The van der Waals surface area contributed by atoms with E-state index in [1.165, 1.54) is 11.3 Å². The van der Waals surface area contributed by atoms with Crippen LogP contribution in [0.3, 0.4) is 0 Å². The van der Waals surface area contributed by atoms with Crippen molar-refractivity contribution in [3.05, 3.63) is 64.6 Å². The van der Waals surface area contributed by atoms with Gasteiger partial charge in [0.15, 0.2) is 0 Å². The molecule has 1 aliphatic carbocycles. The molecule has 0 radical (unpaired) electrons. The lowest BCUT2D eigenvalue weighted by Crippen LogP contribution is -2.36. The SMILES string of the molecule is N#CC1(NC(=O)Cc2nnc(Cc3nc4ccc(-c5ccc(CO)cc5)c(F)c4s3)o2)CC1. The van der Waals surface area contributed by atoms with Crippen molar-refractivity contribution in [3.63, 3.8) is 0 Å². The molecule has 2 aromatic carbocycles. The molecule has 0 atom stereocenters. The number of fused-ring (bicyclic) bond motifs is 1. The van der Waals surface area contributed by atoms with E-state index >= 15 is 4.39 Å². The molecule has 33 heavy (non-hydrogen) atoms. The van der Waals surface area contributed by atoms with Gasteiger partial charge >= 0.3 is 0 Å². The Balaban J connectivity index is 1.31. The van der Waals surface area contributed by atoms with Gasteiger partial charge in [-0.15, -0.1) is 21.5 Å². The number of nitrogens with zero attached hydrogens (tertiary/aromatic N) is 4. The van der Waals surface area contributed by atoms with Crippen LogP contribution in [-0.4, -0.2) is 31.7 Å². The predicted octanol–water partition coefficient (Wildman–Crippen LogP) is 3.28. The van der Waals surface area contributed by atoms with Crippen LogP contribution in [0.25, 0.3) is 21.3 Å². The summed E-state index contributed by atoms with van der Waals surface area (Å²) in [6.07, 6.45) is 1.40. The van der Waals surface area contributed by atoms with Crippen LogP contribution in [0.4, 0.5) is 4.39 Å². The van der Waals surface area contributed by atoms with Crippen LogP contribution < -0.4 is 5.32 Å². The van der Waals surface area contributed by atoms with Gasteiger partial charge in [-0.3, -0.25) is 4.79 Å². The van der Waals surface area contributed by atoms with E-state index in [2.05, 4.69) is 26.6 Å². The van der Waals surface area contributed by atoms with E-state index in [1.54, 1.807) is 36.4 Å². The summed E-state index contributed by atoms with van der Waals surface area (Å²) in [5, 5.41) is 29.4. The summed E-state index contributed by atoms with van der Waals surface area (Å²) in [5.41, 5.74) is 1.72. The molecule has 10 heteroatoms. The fourth-order valence-corrected chi connectivity index (χ4v) is 4.49. The van der Waals surface area contributed by atoms with Crippen LogP contribution in [0.5, 0.6) is 0 Å². The predicted molar refractivity (Wildman–Crippen MR) is 117 cm³/mol. The zero-order chi connectivity index (χ0) is 23.0. The number of amides is 1. The minimum atomic E-state index is -0.745. The van der Waals surface area contributed by atoms with Crippen LogP contribution in [0, 0.1) is 17.1 Å². The van der Waals surface area contributed by atoms with Gasteiger partial charge in [-0.05, 0) is 36.1 Å². The Morgan fingerprint density at radius 1 is 1.21 bits per heavy atom. The number of carbonyl (C=O) groups is 1. The maximum absolute atomic E-state index is 15.2. The lowest BCUT2D eigenvalue weighted by atomic mass is 10.0. The average Bonchev–Trinajstić information content (AvgIpc) is 3.24. The number of halogens is 1. The minimum Gasteiger partial charge on any atom is -0.424 e. The molecule has 1 aliphatic rings. The Morgan fingerprint density at radius 2 is 1.97 bits per heavy atom. The van der Waals surface area contributed by atoms with Crippen LogP contribution in [0.1, 0.15) is 35.2 Å². The molecule has 0 aliphatic heterocycles. The molecule has 4 aromatic rings. The second kappa shape index (κ2) is 8.35. The highest BCUT2D eigenvalue weighted by Crippen LogP contribution is 2.35. The number of aromatic nitrogens is 3. The molecule has 5 rings (SSSR count). The van der Waals surface area contributed by atoms with Gasteiger partial charge in [-0.25, -0.2) is 9.37 Å². The number of nitriles is 1. The summed E-state index contributed by atoms with van der Waals surface area (Å²) in [7, 11) is 0. The van der Waals surface area contributed by atoms with E-state index in [0.717, 1.165) is 5.56 Å². The third kappa shape index (κ3) is 4.33. The van der Waals surface area contributed by atoms with Crippen molar-refractivity contribution in [1.29, 1.82) is 5.26 Å². The molecule has 2 aromatic heterocycles. The van der Waals surface area contributed by atoms with Crippen molar-refractivity contribution in [1.82, 2.24) is 20.5 Å². The van der Waals surface area contributed by atoms with Crippen LogP contribution >= 0.6 is 11.3 Å². The summed E-state index contributed by atoms with van der Waals surface area (Å²) >= 11 is 1.21. The van der Waals surface area contributed by atoms with Gasteiger partial charge in [0.25, 0.3) is 0 Å². The maximum Gasteiger partial charge on any atom is 0.230 e. The van der Waals surface area contributed by atoms with E-state index in [9.17, 15) is 9.90 Å². The Morgan fingerprint density at radius 3 is 2.67 bits per heavy atom. The first-order valence-electron chi connectivity index (χ1n) is 10.3. The van der Waals surface area contributed by atoms with Gasteiger partial charge in [0.2, 0.25) is 17.7 Å². The fourth-order valence-electron chi connectivity index (χ4n) is 3.49. The van der Waals surface area contributed by atoms with Crippen molar-refractivity contribution in [3.8, 4) is 17.2 Å². The zero-order valence-electron chi connectivity index (χ0n) is 17.3. The minimum absolute atomic E-state index is 0.0668. The molecule has 1 saturated carbocycles. The molecule has 2 heterocycles. The second-order valence-electron chi connectivity index (χ2n) is 7.92. The number of aliphatic hydroxyl groups is 1. The van der Waals surface area contributed by atoms with Crippen LogP contribution in [0.2, 0.25) is 0 Å². The van der Waals surface area contributed by atoms with E-state index in [0.29, 0.717) is 39.2 Å². The fraction of sp³-hybridized carbons (Fsp3) is 0.261. The van der Waals surface area contributed by atoms with Gasteiger partial charge in [0.05, 0.1) is 29.3 Å². The molecule has 1 amide bonds. The van der Waals surface area contributed by atoms with E-state index in [1.807, 2.05) is 0 Å². The van der Waals surface area contributed by atoms with Crippen molar-refractivity contribution in [2.45, 2.75) is 37.8 Å². The first-order chi connectivity index (χ1) is 16.0. The molecule has 2 N–H and O–H groups in total. The number of aliphatic hydroxyl groups excluding tert-OH is 1. The molecule has 8 nitrogen and oxygen atoms in total. The summed E-state index contributed by atoms with van der Waals surface area (Å²) in [4.78, 5) is 16.6. The number of benzene rings is 2. The quantitative estimate of drug-likeness (QED) is 0.431. The van der Waals surface area contributed by atoms with Gasteiger partial charge in [-0.1, -0.05) is 24.3 Å². The number of rotatable bonds is 7. The Kier molecular flexibility index (Phi) is 5.36. The van der Waals surface area contributed by atoms with Gasteiger partial charge in [-0.2, -0.15) is 5.26 Å². The molecule has 0 bridgehead atoms. The molecule has 0 unspecified atom stereocenters. The summed E-state index contributed by atoms with van der Waals surface area (Å²) in [5.74, 6) is -0.274. The van der Waals surface area contributed by atoms with E-state index < -0.39 is 5.54 Å². The van der Waals surface area contributed by atoms with Crippen molar-refractivity contribution < 1.29 is 18.7 Å². The highest BCUT2D eigenvalue weighted by molar-refractivity contribution is 7.18. The first kappa shape index (κ1) is 21.2. The van der Waals surface area contributed by atoms with Gasteiger partial charge in [0, 0.05) is 5.56 Å². The average molecular weight is 463 g/mol. The number of carbonyl (C=O) groups excluding carboxylic acids is 1. The smallest absolute Gasteiger partial charge is 0.230 e.